The molecule has 0 bridgehead atoms. The summed E-state index contributed by atoms with van der Waals surface area (Å²) in [4.78, 5) is 15.4. The first-order valence-electron chi connectivity index (χ1n) is 17.8. The van der Waals surface area contributed by atoms with Crippen molar-refractivity contribution >= 4 is 10.8 Å². The van der Waals surface area contributed by atoms with Gasteiger partial charge in [-0.2, -0.15) is 0 Å². The molecule has 9 aromatic rings. The van der Waals surface area contributed by atoms with Crippen molar-refractivity contribution in [2.24, 2.45) is 0 Å². The molecule has 0 saturated carbocycles. The molecule has 1 aliphatic rings. The van der Waals surface area contributed by atoms with Gasteiger partial charge in [0.05, 0.1) is 0 Å². The van der Waals surface area contributed by atoms with Crippen LogP contribution in [0.25, 0.3) is 89.4 Å². The maximum atomic E-state index is 6.45. The number of hydrogen-bond acceptors (Lipinski definition) is 4. The standard InChI is InChI=1S/C49H31N3O/c1-4-13-32(14-5-1)36-21-10-22-38(27-36)48-50-47(35-17-8-3-9-18-35)51-49(52-48)41-29-39(33-15-6-2-7-16-33)28-40(30-41)37-25-26-44-43(31-37)42-23-11-19-34-20-12-24-45(53-44)46(34)42/h1-31H. The zero-order valence-corrected chi connectivity index (χ0v) is 28.6. The maximum absolute atomic E-state index is 6.45. The Kier molecular flexibility index (Phi) is 7.43. The molecule has 1 aromatic heterocycles. The maximum Gasteiger partial charge on any atom is 0.164 e. The Labute approximate surface area is 307 Å². The number of benzene rings is 8. The number of rotatable bonds is 6. The molecule has 0 amide bonds. The minimum atomic E-state index is 0.609. The molecule has 248 valence electrons. The summed E-state index contributed by atoms with van der Waals surface area (Å²) in [5, 5.41) is 2.31. The van der Waals surface area contributed by atoms with Crippen LogP contribution in [0.3, 0.4) is 0 Å². The molecule has 0 aliphatic carbocycles. The van der Waals surface area contributed by atoms with Gasteiger partial charge in [-0.15, -0.1) is 0 Å². The average Bonchev–Trinajstić information content (AvgIpc) is 3.24. The summed E-state index contributed by atoms with van der Waals surface area (Å²) in [6.07, 6.45) is 0. The Morgan fingerprint density at radius 3 is 1.49 bits per heavy atom. The van der Waals surface area contributed by atoms with Crippen LogP contribution in [-0.2, 0) is 0 Å². The molecule has 0 fully saturated rings. The van der Waals surface area contributed by atoms with Crippen LogP contribution in [0.5, 0.6) is 11.5 Å². The summed E-state index contributed by atoms with van der Waals surface area (Å²) >= 11 is 0. The van der Waals surface area contributed by atoms with Crippen molar-refractivity contribution in [2.75, 3.05) is 0 Å². The van der Waals surface area contributed by atoms with Gasteiger partial charge in [-0.05, 0) is 86.8 Å². The van der Waals surface area contributed by atoms with Crippen molar-refractivity contribution in [3.05, 3.63) is 188 Å². The summed E-state index contributed by atoms with van der Waals surface area (Å²) in [6.45, 7) is 0. The van der Waals surface area contributed by atoms with E-state index in [4.69, 9.17) is 19.7 Å². The van der Waals surface area contributed by atoms with Gasteiger partial charge in [0, 0.05) is 27.6 Å². The molecule has 2 heterocycles. The first kappa shape index (κ1) is 30.6. The highest BCUT2D eigenvalue weighted by Gasteiger charge is 2.21. The fraction of sp³-hybridized carbons (Fsp3) is 0. The van der Waals surface area contributed by atoms with E-state index in [9.17, 15) is 0 Å². The van der Waals surface area contributed by atoms with Gasteiger partial charge in [0.25, 0.3) is 0 Å². The van der Waals surface area contributed by atoms with E-state index in [2.05, 4.69) is 133 Å². The van der Waals surface area contributed by atoms with E-state index < -0.39 is 0 Å². The molecule has 0 saturated heterocycles. The first-order valence-corrected chi connectivity index (χ1v) is 17.8. The number of aromatic nitrogens is 3. The minimum absolute atomic E-state index is 0.609. The molecule has 4 heteroatoms. The van der Waals surface area contributed by atoms with E-state index in [1.54, 1.807) is 0 Å². The normalized spacial score (nSPS) is 11.5. The fourth-order valence-corrected chi connectivity index (χ4v) is 7.28. The highest BCUT2D eigenvalue weighted by atomic mass is 16.5. The van der Waals surface area contributed by atoms with Crippen LogP contribution in [0.4, 0.5) is 0 Å². The van der Waals surface area contributed by atoms with Crippen molar-refractivity contribution in [1.82, 2.24) is 15.0 Å². The predicted octanol–water partition coefficient (Wildman–Crippen LogP) is 12.8. The largest absolute Gasteiger partial charge is 0.456 e. The highest BCUT2D eigenvalue weighted by Crippen LogP contribution is 2.48. The van der Waals surface area contributed by atoms with Gasteiger partial charge in [-0.25, -0.2) is 15.0 Å². The molecule has 0 radical (unpaired) electrons. The molecule has 0 N–H and O–H groups in total. The van der Waals surface area contributed by atoms with E-state index in [1.807, 2.05) is 54.6 Å². The summed E-state index contributed by atoms with van der Waals surface area (Å²) < 4.78 is 6.45. The number of nitrogens with zero attached hydrogens (tertiary/aromatic N) is 3. The summed E-state index contributed by atoms with van der Waals surface area (Å²) in [7, 11) is 0. The molecule has 10 rings (SSSR count). The average molecular weight is 678 g/mol. The summed E-state index contributed by atoms with van der Waals surface area (Å²) in [5.74, 6) is 3.60. The third-order valence-corrected chi connectivity index (χ3v) is 9.88. The van der Waals surface area contributed by atoms with Gasteiger partial charge in [-0.3, -0.25) is 0 Å². The van der Waals surface area contributed by atoms with Crippen LogP contribution < -0.4 is 4.74 Å². The molecular formula is C49H31N3O. The van der Waals surface area contributed by atoms with Crippen LogP contribution in [0, 0.1) is 0 Å². The van der Waals surface area contributed by atoms with Gasteiger partial charge in [0.2, 0.25) is 0 Å². The van der Waals surface area contributed by atoms with Crippen molar-refractivity contribution in [2.45, 2.75) is 0 Å². The van der Waals surface area contributed by atoms with Crippen molar-refractivity contribution < 1.29 is 4.74 Å². The lowest BCUT2D eigenvalue weighted by molar-refractivity contribution is 0.487. The summed E-state index contributed by atoms with van der Waals surface area (Å²) in [5.41, 5.74) is 11.6. The topological polar surface area (TPSA) is 47.9 Å². The van der Waals surface area contributed by atoms with E-state index in [1.165, 1.54) is 10.9 Å². The van der Waals surface area contributed by atoms with E-state index in [-0.39, 0.29) is 0 Å². The van der Waals surface area contributed by atoms with Gasteiger partial charge in [-0.1, -0.05) is 146 Å². The molecule has 0 spiro atoms. The quantitative estimate of drug-likeness (QED) is 0.176. The Balaban J connectivity index is 1.16. The molecular weight excluding hydrogens is 647 g/mol. The van der Waals surface area contributed by atoms with Crippen molar-refractivity contribution in [3.63, 3.8) is 0 Å². The van der Waals surface area contributed by atoms with Gasteiger partial charge >= 0.3 is 0 Å². The lowest BCUT2D eigenvalue weighted by Crippen LogP contribution is -2.01. The molecule has 8 aromatic carbocycles. The van der Waals surface area contributed by atoms with Crippen LogP contribution in [0.1, 0.15) is 0 Å². The van der Waals surface area contributed by atoms with Gasteiger partial charge < -0.3 is 4.74 Å². The molecule has 1 aliphatic heterocycles. The van der Waals surface area contributed by atoms with E-state index in [0.29, 0.717) is 17.5 Å². The Bertz CT molecular complexity index is 2790. The second kappa shape index (κ2) is 12.9. The van der Waals surface area contributed by atoms with Crippen molar-refractivity contribution in [3.8, 4) is 90.2 Å². The fourth-order valence-electron chi connectivity index (χ4n) is 7.28. The van der Waals surface area contributed by atoms with Gasteiger partial charge in [0.1, 0.15) is 11.5 Å². The number of fused-ring (bicyclic) bond motifs is 2. The number of ether oxygens (including phenoxy) is 1. The molecule has 53 heavy (non-hydrogen) atoms. The van der Waals surface area contributed by atoms with Crippen molar-refractivity contribution in [1.29, 1.82) is 0 Å². The van der Waals surface area contributed by atoms with Gasteiger partial charge in [0.15, 0.2) is 17.5 Å². The summed E-state index contributed by atoms with van der Waals surface area (Å²) in [6, 6.07) is 65.2. The second-order valence-corrected chi connectivity index (χ2v) is 13.3. The molecule has 0 atom stereocenters. The first-order chi connectivity index (χ1) is 26.2. The lowest BCUT2D eigenvalue weighted by Gasteiger charge is -2.22. The molecule has 4 nitrogen and oxygen atoms in total. The Morgan fingerprint density at radius 2 is 0.774 bits per heavy atom. The third kappa shape index (κ3) is 5.73. The Hall–Kier alpha value is -7.17. The third-order valence-electron chi connectivity index (χ3n) is 9.88. The number of hydrogen-bond donors (Lipinski definition) is 0. The highest BCUT2D eigenvalue weighted by molar-refractivity contribution is 6.04. The van der Waals surface area contributed by atoms with Crippen LogP contribution in [-0.4, -0.2) is 15.0 Å². The predicted molar refractivity (Wildman–Crippen MR) is 215 cm³/mol. The van der Waals surface area contributed by atoms with Crippen LogP contribution in [0.15, 0.2) is 188 Å². The zero-order valence-electron chi connectivity index (χ0n) is 28.6. The molecule has 0 unspecified atom stereocenters. The SMILES string of the molecule is c1ccc(-c2cccc(-c3nc(-c4ccccc4)nc(-c4cc(-c5ccccc5)cc(-c5ccc6c(c5)-c5cccc7cccc(c57)O6)c4)n3)c2)cc1. The monoisotopic (exact) mass is 677 g/mol. The smallest absolute Gasteiger partial charge is 0.164 e. The van der Waals surface area contributed by atoms with Crippen LogP contribution in [0.2, 0.25) is 0 Å². The lowest BCUT2D eigenvalue weighted by atomic mass is 9.91. The van der Waals surface area contributed by atoms with Crippen LogP contribution >= 0.6 is 0 Å². The Morgan fingerprint density at radius 1 is 0.283 bits per heavy atom. The minimum Gasteiger partial charge on any atom is -0.456 e. The van der Waals surface area contributed by atoms with E-state index >= 15 is 0 Å². The second-order valence-electron chi connectivity index (χ2n) is 13.3. The van der Waals surface area contributed by atoms with E-state index in [0.717, 1.165) is 72.5 Å². The zero-order chi connectivity index (χ0) is 35.1.